The van der Waals surface area contributed by atoms with Gasteiger partial charge in [0, 0.05) is 6.54 Å². The number of carbonyl (C=O) groups excluding carboxylic acids is 3. The Hall–Kier alpha value is -3.93. The molecule has 6 nitrogen and oxygen atoms in total. The second-order valence-electron chi connectivity index (χ2n) is 10.0. The predicted molar refractivity (Wildman–Crippen MR) is 134 cm³/mol. The zero-order chi connectivity index (χ0) is 24.7. The summed E-state index contributed by atoms with van der Waals surface area (Å²) in [6.07, 6.45) is 0.706. The molecule has 0 fully saturated rings. The number of hydrogen-bond acceptors (Lipinski definition) is 4. The molecule has 3 aromatic carbocycles. The van der Waals surface area contributed by atoms with Crippen molar-refractivity contribution >= 4 is 23.6 Å². The molecule has 5 rings (SSSR count). The van der Waals surface area contributed by atoms with Crippen LogP contribution in [0.2, 0.25) is 0 Å². The lowest BCUT2D eigenvalue weighted by molar-refractivity contribution is 0.0547. The van der Waals surface area contributed by atoms with Crippen LogP contribution in [0.5, 0.6) is 0 Å². The SMILES string of the molecule is CC(C)(C)OC(=O)N1CC[C@H](N2C(=O)c3ccccc3C2=O)c2cc(Cc3ccccc3)ccc21. The molecular formula is C29H28N2O4. The molecule has 3 aromatic rings. The number of imide groups is 1. The van der Waals surface area contributed by atoms with Crippen LogP contribution >= 0.6 is 0 Å². The second-order valence-corrected chi connectivity index (χ2v) is 10.0. The summed E-state index contributed by atoms with van der Waals surface area (Å²) < 4.78 is 5.65. The number of benzene rings is 3. The van der Waals surface area contributed by atoms with Crippen LogP contribution in [0.25, 0.3) is 0 Å². The number of carbonyl (C=O) groups is 3. The van der Waals surface area contributed by atoms with E-state index in [2.05, 4.69) is 12.1 Å². The van der Waals surface area contributed by atoms with Crippen molar-refractivity contribution in [2.75, 3.05) is 11.4 Å². The summed E-state index contributed by atoms with van der Waals surface area (Å²) >= 11 is 0. The first kappa shape index (κ1) is 22.8. The molecule has 0 unspecified atom stereocenters. The highest BCUT2D eigenvalue weighted by Crippen LogP contribution is 2.42. The third-order valence-electron chi connectivity index (χ3n) is 6.37. The van der Waals surface area contributed by atoms with Crippen LogP contribution in [0, 0.1) is 0 Å². The highest BCUT2D eigenvalue weighted by atomic mass is 16.6. The molecule has 178 valence electrons. The molecule has 2 aliphatic rings. The van der Waals surface area contributed by atoms with Crippen molar-refractivity contribution in [3.05, 3.63) is 101 Å². The molecule has 0 saturated heterocycles. The Bertz CT molecular complexity index is 1270. The fourth-order valence-corrected chi connectivity index (χ4v) is 4.85. The van der Waals surface area contributed by atoms with Crippen molar-refractivity contribution in [2.45, 2.75) is 45.3 Å². The Labute approximate surface area is 205 Å². The molecule has 0 spiro atoms. The van der Waals surface area contributed by atoms with Gasteiger partial charge in [-0.15, -0.1) is 0 Å². The first-order chi connectivity index (χ1) is 16.7. The van der Waals surface area contributed by atoms with Gasteiger partial charge in [0.2, 0.25) is 0 Å². The van der Waals surface area contributed by atoms with Gasteiger partial charge in [-0.3, -0.25) is 19.4 Å². The summed E-state index contributed by atoms with van der Waals surface area (Å²) in [6.45, 7) is 5.85. The van der Waals surface area contributed by atoms with E-state index in [0.717, 1.165) is 16.7 Å². The van der Waals surface area contributed by atoms with E-state index < -0.39 is 17.7 Å². The van der Waals surface area contributed by atoms with E-state index in [9.17, 15) is 14.4 Å². The van der Waals surface area contributed by atoms with E-state index >= 15 is 0 Å². The third-order valence-corrected chi connectivity index (χ3v) is 6.37. The maximum atomic E-state index is 13.3. The standard InChI is InChI=1S/C29H28N2O4/c1-29(2,3)35-28(34)30-16-15-25(31-26(32)21-11-7-8-12-22(21)27(31)33)23-18-20(13-14-24(23)30)17-19-9-5-4-6-10-19/h4-14,18,25H,15-17H2,1-3H3/t25-/m0/s1. The molecule has 1 atom stereocenters. The molecule has 0 N–H and O–H groups in total. The number of rotatable bonds is 3. The maximum Gasteiger partial charge on any atom is 0.414 e. The Kier molecular flexibility index (Phi) is 5.67. The minimum absolute atomic E-state index is 0.291. The Morgan fingerprint density at radius 2 is 1.51 bits per heavy atom. The minimum Gasteiger partial charge on any atom is -0.443 e. The molecule has 2 heterocycles. The first-order valence-corrected chi connectivity index (χ1v) is 11.9. The Morgan fingerprint density at radius 3 is 2.14 bits per heavy atom. The molecule has 6 heteroatoms. The molecule has 2 aliphatic heterocycles. The predicted octanol–water partition coefficient (Wildman–Crippen LogP) is 5.76. The Balaban J connectivity index is 1.55. The molecule has 0 radical (unpaired) electrons. The van der Waals surface area contributed by atoms with Crippen LogP contribution in [0.3, 0.4) is 0 Å². The van der Waals surface area contributed by atoms with E-state index in [4.69, 9.17) is 4.74 Å². The van der Waals surface area contributed by atoms with Crippen LogP contribution in [0.1, 0.15) is 70.6 Å². The fraction of sp³-hybridized carbons (Fsp3) is 0.276. The minimum atomic E-state index is -0.635. The quantitative estimate of drug-likeness (QED) is 0.459. The second kappa shape index (κ2) is 8.69. The maximum absolute atomic E-state index is 13.3. The normalized spacial score (nSPS) is 17.3. The average molecular weight is 469 g/mol. The van der Waals surface area contributed by atoms with E-state index in [0.29, 0.717) is 36.2 Å². The molecule has 35 heavy (non-hydrogen) atoms. The van der Waals surface area contributed by atoms with Gasteiger partial charge in [0.05, 0.1) is 22.9 Å². The van der Waals surface area contributed by atoms with Gasteiger partial charge in [0.15, 0.2) is 0 Å². The van der Waals surface area contributed by atoms with Crippen LogP contribution < -0.4 is 4.90 Å². The van der Waals surface area contributed by atoms with Crippen molar-refractivity contribution < 1.29 is 19.1 Å². The zero-order valence-corrected chi connectivity index (χ0v) is 20.2. The number of nitrogens with zero attached hydrogens (tertiary/aromatic N) is 2. The van der Waals surface area contributed by atoms with Gasteiger partial charge >= 0.3 is 6.09 Å². The van der Waals surface area contributed by atoms with Gasteiger partial charge in [0.1, 0.15) is 5.60 Å². The van der Waals surface area contributed by atoms with Crippen molar-refractivity contribution in [3.8, 4) is 0 Å². The van der Waals surface area contributed by atoms with Gasteiger partial charge in [-0.2, -0.15) is 0 Å². The number of hydrogen-bond donors (Lipinski definition) is 0. The number of amides is 3. The van der Waals surface area contributed by atoms with Crippen LogP contribution in [0.15, 0.2) is 72.8 Å². The largest absolute Gasteiger partial charge is 0.443 e. The lowest BCUT2D eigenvalue weighted by atomic mass is 9.91. The number of anilines is 1. The molecule has 0 aliphatic carbocycles. The summed E-state index contributed by atoms with van der Waals surface area (Å²) in [7, 11) is 0. The van der Waals surface area contributed by atoms with Crippen LogP contribution in [-0.2, 0) is 11.2 Å². The summed E-state index contributed by atoms with van der Waals surface area (Å²) in [5.74, 6) is -0.582. The van der Waals surface area contributed by atoms with Gasteiger partial charge in [-0.25, -0.2) is 4.79 Å². The van der Waals surface area contributed by atoms with Gasteiger partial charge in [-0.05, 0) is 68.5 Å². The van der Waals surface area contributed by atoms with Crippen molar-refractivity contribution in [1.29, 1.82) is 0 Å². The molecule has 0 saturated carbocycles. The lowest BCUT2D eigenvalue weighted by Crippen LogP contribution is -2.44. The van der Waals surface area contributed by atoms with Gasteiger partial charge in [0.25, 0.3) is 11.8 Å². The molecule has 0 bridgehead atoms. The average Bonchev–Trinajstić information content (AvgIpc) is 3.08. The smallest absolute Gasteiger partial charge is 0.414 e. The summed E-state index contributed by atoms with van der Waals surface area (Å²) in [4.78, 5) is 42.6. The molecule has 0 aromatic heterocycles. The van der Waals surface area contributed by atoms with E-state index in [-0.39, 0.29) is 11.8 Å². The van der Waals surface area contributed by atoms with Crippen LogP contribution in [-0.4, -0.2) is 35.0 Å². The molecular weight excluding hydrogens is 440 g/mol. The van der Waals surface area contributed by atoms with Gasteiger partial charge in [-0.1, -0.05) is 54.6 Å². The van der Waals surface area contributed by atoms with Crippen molar-refractivity contribution in [3.63, 3.8) is 0 Å². The van der Waals surface area contributed by atoms with Gasteiger partial charge < -0.3 is 4.74 Å². The highest BCUT2D eigenvalue weighted by molar-refractivity contribution is 6.21. The first-order valence-electron chi connectivity index (χ1n) is 11.9. The number of fused-ring (bicyclic) bond motifs is 2. The third kappa shape index (κ3) is 4.32. The topological polar surface area (TPSA) is 66.9 Å². The molecule has 3 amide bonds. The van der Waals surface area contributed by atoms with Crippen molar-refractivity contribution in [2.24, 2.45) is 0 Å². The van der Waals surface area contributed by atoms with Crippen molar-refractivity contribution in [1.82, 2.24) is 4.90 Å². The fourth-order valence-electron chi connectivity index (χ4n) is 4.85. The van der Waals surface area contributed by atoms with Crippen LogP contribution in [0.4, 0.5) is 10.5 Å². The summed E-state index contributed by atoms with van der Waals surface area (Å²) in [5.41, 5.74) is 3.87. The van der Waals surface area contributed by atoms with E-state index in [1.165, 1.54) is 4.90 Å². The monoisotopic (exact) mass is 468 g/mol. The van der Waals surface area contributed by atoms with E-state index in [1.807, 2.05) is 57.2 Å². The Morgan fingerprint density at radius 1 is 0.886 bits per heavy atom. The zero-order valence-electron chi connectivity index (χ0n) is 20.2. The van der Waals surface area contributed by atoms with E-state index in [1.54, 1.807) is 29.2 Å². The summed E-state index contributed by atoms with van der Waals surface area (Å²) in [5, 5.41) is 0. The summed E-state index contributed by atoms with van der Waals surface area (Å²) in [6, 6.07) is 22.5. The highest BCUT2D eigenvalue weighted by Gasteiger charge is 2.43. The lowest BCUT2D eigenvalue weighted by Gasteiger charge is -2.38. The number of ether oxygens (including phenoxy) is 1.